The van der Waals surface area contributed by atoms with E-state index in [0.717, 1.165) is 17.6 Å². The number of aromatic amines is 1. The number of nitro groups is 1. The van der Waals surface area contributed by atoms with Crippen molar-refractivity contribution in [3.8, 4) is 0 Å². The van der Waals surface area contributed by atoms with Gasteiger partial charge in [0.2, 0.25) is 0 Å². The third kappa shape index (κ3) is 1.50. The lowest BCUT2D eigenvalue weighted by atomic mass is 9.97. The van der Waals surface area contributed by atoms with Gasteiger partial charge in [-0.15, -0.1) is 0 Å². The van der Waals surface area contributed by atoms with E-state index in [4.69, 9.17) is 4.84 Å². The molecule has 1 saturated heterocycles. The number of nitrogens with one attached hydrogen (secondary N) is 1. The van der Waals surface area contributed by atoms with E-state index in [1.165, 1.54) is 10.9 Å². The highest BCUT2D eigenvalue weighted by atomic mass is 16.8. The van der Waals surface area contributed by atoms with Gasteiger partial charge in [-0.1, -0.05) is 18.2 Å². The summed E-state index contributed by atoms with van der Waals surface area (Å²) in [4.78, 5) is 19.3. The van der Waals surface area contributed by atoms with Crippen molar-refractivity contribution in [1.29, 1.82) is 0 Å². The van der Waals surface area contributed by atoms with Crippen LogP contribution in [0.15, 0.2) is 24.3 Å². The van der Waals surface area contributed by atoms with Crippen molar-refractivity contribution in [2.75, 3.05) is 6.54 Å². The molecule has 2 aliphatic rings. The third-order valence-electron chi connectivity index (χ3n) is 4.03. The fourth-order valence-electron chi connectivity index (χ4n) is 3.17. The molecule has 2 atom stereocenters. The SMILES string of the molecule is O=[N+]([O-])[C@H]1C[C@@H]2c3[nH]c4ccccc4c3CCN2O1. The maximum absolute atomic E-state index is 10.9. The Bertz CT molecular complexity index is 666. The summed E-state index contributed by atoms with van der Waals surface area (Å²) >= 11 is 0. The number of rotatable bonds is 1. The molecule has 1 aromatic heterocycles. The summed E-state index contributed by atoms with van der Waals surface area (Å²) in [6, 6.07) is 8.13. The van der Waals surface area contributed by atoms with E-state index in [2.05, 4.69) is 11.1 Å². The zero-order valence-corrected chi connectivity index (χ0v) is 10.2. The molecule has 0 saturated carbocycles. The lowest BCUT2D eigenvalue weighted by molar-refractivity contribution is -0.584. The fourth-order valence-corrected chi connectivity index (χ4v) is 3.17. The molecule has 1 aromatic carbocycles. The summed E-state index contributed by atoms with van der Waals surface area (Å²) in [6.45, 7) is 0.712. The van der Waals surface area contributed by atoms with E-state index >= 15 is 0 Å². The van der Waals surface area contributed by atoms with Crippen LogP contribution >= 0.6 is 0 Å². The largest absolute Gasteiger partial charge is 0.357 e. The molecule has 0 spiro atoms. The number of hydrogen-bond acceptors (Lipinski definition) is 4. The molecule has 2 aromatic rings. The molecule has 0 amide bonds. The Kier molecular flexibility index (Phi) is 2.18. The number of hydrogen-bond donors (Lipinski definition) is 1. The number of nitrogens with zero attached hydrogens (tertiary/aromatic N) is 2. The number of fused-ring (bicyclic) bond motifs is 5. The van der Waals surface area contributed by atoms with Crippen LogP contribution in [0.1, 0.15) is 23.7 Å². The Labute approximate surface area is 109 Å². The first-order valence-electron chi connectivity index (χ1n) is 6.40. The lowest BCUT2D eigenvalue weighted by Gasteiger charge is -2.26. The van der Waals surface area contributed by atoms with Crippen LogP contribution in [0.2, 0.25) is 0 Å². The van der Waals surface area contributed by atoms with E-state index < -0.39 is 6.23 Å². The van der Waals surface area contributed by atoms with E-state index in [1.54, 1.807) is 5.06 Å². The zero-order valence-electron chi connectivity index (χ0n) is 10.2. The predicted molar refractivity (Wildman–Crippen MR) is 67.9 cm³/mol. The van der Waals surface area contributed by atoms with Gasteiger partial charge < -0.3 is 4.98 Å². The van der Waals surface area contributed by atoms with Gasteiger partial charge in [0.1, 0.15) is 0 Å². The summed E-state index contributed by atoms with van der Waals surface area (Å²) < 4.78 is 0. The average Bonchev–Trinajstić information content (AvgIpc) is 2.99. The van der Waals surface area contributed by atoms with Crippen molar-refractivity contribution in [3.63, 3.8) is 0 Å². The van der Waals surface area contributed by atoms with Crippen LogP contribution in [0.3, 0.4) is 0 Å². The maximum Gasteiger partial charge on any atom is 0.332 e. The first kappa shape index (κ1) is 11.0. The van der Waals surface area contributed by atoms with Gasteiger partial charge in [0, 0.05) is 23.1 Å². The molecule has 19 heavy (non-hydrogen) atoms. The number of aromatic nitrogens is 1. The smallest absolute Gasteiger partial charge is 0.332 e. The Morgan fingerprint density at radius 2 is 2.26 bits per heavy atom. The third-order valence-corrected chi connectivity index (χ3v) is 4.03. The van der Waals surface area contributed by atoms with Crippen LogP contribution in [0.4, 0.5) is 0 Å². The monoisotopic (exact) mass is 259 g/mol. The van der Waals surface area contributed by atoms with Crippen molar-refractivity contribution in [1.82, 2.24) is 10.0 Å². The number of hydroxylamine groups is 2. The molecule has 6 heteroatoms. The van der Waals surface area contributed by atoms with Gasteiger partial charge in [0.15, 0.2) is 0 Å². The van der Waals surface area contributed by atoms with Crippen LogP contribution in [0, 0.1) is 10.1 Å². The summed E-state index contributed by atoms with van der Waals surface area (Å²) in [6.07, 6.45) is 0.356. The van der Waals surface area contributed by atoms with Gasteiger partial charge in [-0.05, 0) is 18.1 Å². The highest BCUT2D eigenvalue weighted by molar-refractivity contribution is 5.85. The molecular formula is C13H13N3O3. The Morgan fingerprint density at radius 3 is 3.11 bits per heavy atom. The Balaban J connectivity index is 1.81. The van der Waals surface area contributed by atoms with Crippen LogP contribution in [-0.4, -0.2) is 27.7 Å². The van der Waals surface area contributed by atoms with Gasteiger partial charge in [0.05, 0.1) is 17.4 Å². The van der Waals surface area contributed by atoms with Crippen molar-refractivity contribution in [2.45, 2.75) is 25.1 Å². The quantitative estimate of drug-likeness (QED) is 0.628. The second-order valence-corrected chi connectivity index (χ2v) is 5.05. The topological polar surface area (TPSA) is 71.4 Å². The van der Waals surface area contributed by atoms with Gasteiger partial charge >= 0.3 is 6.23 Å². The molecule has 0 unspecified atom stereocenters. The van der Waals surface area contributed by atoms with E-state index in [9.17, 15) is 10.1 Å². The first-order chi connectivity index (χ1) is 9.24. The minimum Gasteiger partial charge on any atom is -0.357 e. The van der Waals surface area contributed by atoms with Crippen molar-refractivity contribution < 1.29 is 9.76 Å². The fraction of sp³-hybridized carbons (Fsp3) is 0.385. The van der Waals surface area contributed by atoms with Crippen LogP contribution in [0.25, 0.3) is 10.9 Å². The molecule has 98 valence electrons. The molecule has 1 fully saturated rings. The van der Waals surface area contributed by atoms with Crippen LogP contribution in [-0.2, 0) is 11.3 Å². The second-order valence-electron chi connectivity index (χ2n) is 5.05. The molecule has 0 aliphatic carbocycles. The van der Waals surface area contributed by atoms with Gasteiger partial charge in [0.25, 0.3) is 0 Å². The van der Waals surface area contributed by atoms with Gasteiger partial charge in [-0.2, -0.15) is 5.06 Å². The molecule has 2 aliphatic heterocycles. The van der Waals surface area contributed by atoms with Crippen molar-refractivity contribution in [2.24, 2.45) is 0 Å². The normalized spacial score (nSPS) is 26.3. The summed E-state index contributed by atoms with van der Waals surface area (Å²) in [5.41, 5.74) is 3.46. The molecular weight excluding hydrogens is 246 g/mol. The van der Waals surface area contributed by atoms with Crippen molar-refractivity contribution >= 4 is 10.9 Å². The molecule has 0 bridgehead atoms. The van der Waals surface area contributed by atoms with E-state index in [1.807, 2.05) is 18.2 Å². The number of para-hydroxylation sites is 1. The number of H-pyrrole nitrogens is 1. The second kappa shape index (κ2) is 3.79. The predicted octanol–water partition coefficient (Wildman–Crippen LogP) is 2.01. The summed E-state index contributed by atoms with van der Waals surface area (Å²) in [7, 11) is 0. The van der Waals surface area contributed by atoms with Gasteiger partial charge in [-0.25, -0.2) is 4.84 Å². The molecule has 0 radical (unpaired) electrons. The Hall–Kier alpha value is -1.92. The van der Waals surface area contributed by atoms with E-state index in [0.29, 0.717) is 13.0 Å². The Morgan fingerprint density at radius 1 is 1.42 bits per heavy atom. The lowest BCUT2D eigenvalue weighted by Crippen LogP contribution is -2.30. The standard InChI is InChI=1S/C13H13N3O3/c17-16(18)12-7-11-13-9(5-6-15(11)19-12)8-3-1-2-4-10(8)14-13/h1-4,11-12,14H,5-7H2/t11-,12-/m1/s1. The average molecular weight is 259 g/mol. The molecule has 4 rings (SSSR count). The van der Waals surface area contributed by atoms with Crippen molar-refractivity contribution in [3.05, 3.63) is 45.6 Å². The molecule has 3 heterocycles. The minimum absolute atomic E-state index is 0.0217. The first-order valence-corrected chi connectivity index (χ1v) is 6.40. The maximum atomic E-state index is 10.9. The van der Waals surface area contributed by atoms with Gasteiger partial charge in [-0.3, -0.25) is 10.1 Å². The highest BCUT2D eigenvalue weighted by Crippen LogP contribution is 2.41. The highest BCUT2D eigenvalue weighted by Gasteiger charge is 2.44. The number of benzene rings is 1. The minimum atomic E-state index is -0.914. The molecule has 6 nitrogen and oxygen atoms in total. The summed E-state index contributed by atoms with van der Waals surface area (Å²) in [5.74, 6) is 0. The van der Waals surface area contributed by atoms with Crippen LogP contribution < -0.4 is 0 Å². The summed E-state index contributed by atoms with van der Waals surface area (Å²) in [5, 5.41) is 13.9. The van der Waals surface area contributed by atoms with Crippen LogP contribution in [0.5, 0.6) is 0 Å². The van der Waals surface area contributed by atoms with E-state index in [-0.39, 0.29) is 11.0 Å². The zero-order chi connectivity index (χ0) is 13.0. The molecule has 1 N–H and O–H groups in total.